The highest BCUT2D eigenvalue weighted by atomic mass is 19.1. The number of hydrogen-bond acceptors (Lipinski definition) is 4. The number of carbonyl (C=O) groups is 1. The molecule has 5 nitrogen and oxygen atoms in total. The Morgan fingerprint density at radius 2 is 2.37 bits per heavy atom. The maximum absolute atomic E-state index is 13.8. The van der Waals surface area contributed by atoms with Gasteiger partial charge < -0.3 is 15.4 Å². The van der Waals surface area contributed by atoms with Crippen LogP contribution in [0.1, 0.15) is 30.3 Å². The molecule has 102 valence electrons. The topological polar surface area (TPSA) is 63.2 Å². The highest BCUT2D eigenvalue weighted by Gasteiger charge is 2.29. The van der Waals surface area contributed by atoms with Gasteiger partial charge in [-0.15, -0.1) is 0 Å². The predicted molar refractivity (Wildman–Crippen MR) is 66.6 cm³/mol. The summed E-state index contributed by atoms with van der Waals surface area (Å²) in [6.07, 6.45) is 3.35. The van der Waals surface area contributed by atoms with E-state index < -0.39 is 11.7 Å². The van der Waals surface area contributed by atoms with Gasteiger partial charge in [0.1, 0.15) is 11.9 Å². The second-order valence-electron chi connectivity index (χ2n) is 5.10. The van der Waals surface area contributed by atoms with Crippen LogP contribution >= 0.6 is 0 Å². The summed E-state index contributed by atoms with van der Waals surface area (Å²) in [7, 11) is 0. The van der Waals surface area contributed by atoms with Crippen LogP contribution in [-0.4, -0.2) is 35.6 Å². The molecule has 0 spiro atoms. The van der Waals surface area contributed by atoms with Gasteiger partial charge in [-0.05, 0) is 19.8 Å². The lowest BCUT2D eigenvalue weighted by Crippen LogP contribution is -2.58. The fraction of sp³-hybridized carbons (Fsp3) is 0.538. The van der Waals surface area contributed by atoms with E-state index in [9.17, 15) is 9.18 Å². The summed E-state index contributed by atoms with van der Waals surface area (Å²) in [5.41, 5.74) is -0.168. The zero-order valence-electron chi connectivity index (χ0n) is 10.6. The van der Waals surface area contributed by atoms with E-state index in [1.54, 1.807) is 0 Å². The summed E-state index contributed by atoms with van der Waals surface area (Å²) in [6.45, 7) is 2.74. The largest absolute Gasteiger partial charge is 0.486 e. The molecule has 1 amide bonds. The number of halogens is 1. The van der Waals surface area contributed by atoms with Gasteiger partial charge in [-0.1, -0.05) is 0 Å². The van der Waals surface area contributed by atoms with Gasteiger partial charge in [0.2, 0.25) is 0 Å². The second kappa shape index (κ2) is 4.77. The van der Waals surface area contributed by atoms with Crippen molar-refractivity contribution >= 4 is 5.91 Å². The first-order valence-corrected chi connectivity index (χ1v) is 6.50. The first kappa shape index (κ1) is 12.3. The molecule has 2 N–H and O–H groups in total. The van der Waals surface area contributed by atoms with Crippen molar-refractivity contribution in [3.63, 3.8) is 0 Å². The highest BCUT2D eigenvalue weighted by Crippen LogP contribution is 2.21. The van der Waals surface area contributed by atoms with Crippen LogP contribution in [0.3, 0.4) is 0 Å². The summed E-state index contributed by atoms with van der Waals surface area (Å²) in [5.74, 6) is -0.736. The second-order valence-corrected chi connectivity index (χ2v) is 5.10. The molecule has 19 heavy (non-hydrogen) atoms. The van der Waals surface area contributed by atoms with Crippen LogP contribution < -0.4 is 15.4 Å². The van der Waals surface area contributed by atoms with E-state index in [1.807, 2.05) is 6.92 Å². The van der Waals surface area contributed by atoms with Gasteiger partial charge in [0.25, 0.3) is 5.91 Å². The Hall–Kier alpha value is -1.69. The molecule has 0 aromatic carbocycles. The van der Waals surface area contributed by atoms with Crippen molar-refractivity contribution in [2.75, 3.05) is 6.54 Å². The molecule has 2 heterocycles. The van der Waals surface area contributed by atoms with Crippen molar-refractivity contribution < 1.29 is 13.9 Å². The SMILES string of the molecule is C[C@H]1NC[C@@H]1Oc1cnc(C(=O)NC2CC2)c(F)c1. The molecule has 6 heteroatoms. The number of pyridine rings is 1. The van der Waals surface area contributed by atoms with Crippen molar-refractivity contribution in [1.29, 1.82) is 0 Å². The zero-order valence-corrected chi connectivity index (χ0v) is 10.6. The van der Waals surface area contributed by atoms with Crippen LogP contribution in [0.2, 0.25) is 0 Å². The number of rotatable bonds is 4. The predicted octanol–water partition coefficient (Wildman–Crippen LogP) is 0.852. The molecule has 2 aliphatic rings. The average molecular weight is 265 g/mol. The molecular formula is C13H16FN3O2. The number of carbonyl (C=O) groups excluding carboxylic acids is 1. The van der Waals surface area contributed by atoms with Gasteiger partial charge in [0, 0.05) is 24.7 Å². The number of aromatic nitrogens is 1. The van der Waals surface area contributed by atoms with Crippen LogP contribution in [0.15, 0.2) is 12.3 Å². The van der Waals surface area contributed by atoms with Gasteiger partial charge in [-0.25, -0.2) is 9.37 Å². The normalized spacial score (nSPS) is 25.6. The van der Waals surface area contributed by atoms with Gasteiger partial charge in [-0.2, -0.15) is 0 Å². The lowest BCUT2D eigenvalue weighted by Gasteiger charge is -2.35. The standard InChI is InChI=1S/C13H16FN3O2/c1-7-11(6-15-7)19-9-4-10(14)12(16-5-9)13(18)17-8-2-3-8/h4-5,7-8,11,15H,2-3,6H2,1H3,(H,17,18)/t7-,11+/m1/s1. The monoisotopic (exact) mass is 265 g/mol. The van der Waals surface area contributed by atoms with E-state index in [0.717, 1.165) is 19.4 Å². The molecule has 0 unspecified atom stereocenters. The molecule has 1 saturated heterocycles. The first-order valence-electron chi connectivity index (χ1n) is 6.50. The Kier molecular flexibility index (Phi) is 3.10. The van der Waals surface area contributed by atoms with Crippen molar-refractivity contribution in [3.05, 3.63) is 23.8 Å². The van der Waals surface area contributed by atoms with Gasteiger partial charge >= 0.3 is 0 Å². The fourth-order valence-electron chi connectivity index (χ4n) is 1.90. The fourth-order valence-corrected chi connectivity index (χ4v) is 1.90. The molecule has 2 atom stereocenters. The van der Waals surface area contributed by atoms with E-state index in [-0.39, 0.29) is 23.9 Å². The molecule has 0 bridgehead atoms. The van der Waals surface area contributed by atoms with Crippen LogP contribution in [0.4, 0.5) is 4.39 Å². The molecule has 0 radical (unpaired) electrons. The number of hydrogen-bond donors (Lipinski definition) is 2. The molecule has 1 aliphatic heterocycles. The van der Waals surface area contributed by atoms with Crippen LogP contribution in [0, 0.1) is 5.82 Å². The van der Waals surface area contributed by atoms with Crippen LogP contribution in [0.25, 0.3) is 0 Å². The Bertz CT molecular complexity index is 505. The van der Waals surface area contributed by atoms with Crippen molar-refractivity contribution in [2.45, 2.75) is 38.0 Å². The Morgan fingerprint density at radius 3 is 2.89 bits per heavy atom. The lowest BCUT2D eigenvalue weighted by molar-refractivity contribution is 0.0917. The Labute approximate surface area is 110 Å². The minimum absolute atomic E-state index is 0.0346. The summed E-state index contributed by atoms with van der Waals surface area (Å²) >= 11 is 0. The molecule has 1 aromatic rings. The highest BCUT2D eigenvalue weighted by molar-refractivity contribution is 5.92. The third kappa shape index (κ3) is 2.68. The molecule has 2 fully saturated rings. The first-order chi connectivity index (χ1) is 9.13. The van der Waals surface area contributed by atoms with Crippen LogP contribution in [0.5, 0.6) is 5.75 Å². The van der Waals surface area contributed by atoms with Crippen LogP contribution in [-0.2, 0) is 0 Å². The minimum Gasteiger partial charge on any atom is -0.486 e. The maximum Gasteiger partial charge on any atom is 0.273 e. The van der Waals surface area contributed by atoms with Gasteiger partial charge in [0.05, 0.1) is 6.20 Å². The molecule has 3 rings (SSSR count). The Balaban J connectivity index is 1.67. The average Bonchev–Trinajstić information content (AvgIpc) is 3.18. The summed E-state index contributed by atoms with van der Waals surface area (Å²) in [5, 5.41) is 5.86. The number of nitrogens with zero attached hydrogens (tertiary/aromatic N) is 1. The molecule has 1 saturated carbocycles. The summed E-state index contributed by atoms with van der Waals surface area (Å²) < 4.78 is 19.4. The number of ether oxygens (including phenoxy) is 1. The number of nitrogens with one attached hydrogen (secondary N) is 2. The van der Waals surface area contributed by atoms with Gasteiger partial charge in [0.15, 0.2) is 11.5 Å². The minimum atomic E-state index is -0.643. The van der Waals surface area contributed by atoms with E-state index in [2.05, 4.69) is 15.6 Å². The molecule has 1 aromatic heterocycles. The maximum atomic E-state index is 13.8. The van der Waals surface area contributed by atoms with Crippen molar-refractivity contribution in [1.82, 2.24) is 15.6 Å². The van der Waals surface area contributed by atoms with Crippen molar-refractivity contribution in [2.24, 2.45) is 0 Å². The van der Waals surface area contributed by atoms with Gasteiger partial charge in [-0.3, -0.25) is 4.79 Å². The van der Waals surface area contributed by atoms with Crippen molar-refractivity contribution in [3.8, 4) is 5.75 Å². The molecule has 1 aliphatic carbocycles. The summed E-state index contributed by atoms with van der Waals surface area (Å²) in [6, 6.07) is 1.66. The zero-order chi connectivity index (χ0) is 13.4. The van der Waals surface area contributed by atoms with E-state index >= 15 is 0 Å². The lowest BCUT2D eigenvalue weighted by atomic mass is 10.1. The quantitative estimate of drug-likeness (QED) is 0.847. The smallest absolute Gasteiger partial charge is 0.273 e. The Morgan fingerprint density at radius 1 is 1.58 bits per heavy atom. The third-order valence-corrected chi connectivity index (χ3v) is 3.43. The van der Waals surface area contributed by atoms with E-state index in [1.165, 1.54) is 12.3 Å². The van der Waals surface area contributed by atoms with E-state index in [4.69, 9.17) is 4.74 Å². The third-order valence-electron chi connectivity index (χ3n) is 3.43. The number of amides is 1. The van der Waals surface area contributed by atoms with E-state index in [0.29, 0.717) is 5.75 Å². The summed E-state index contributed by atoms with van der Waals surface area (Å²) in [4.78, 5) is 15.6. The molecular weight excluding hydrogens is 249 g/mol.